The fraction of sp³-hybridized carbons (Fsp3) is 0.259. The van der Waals surface area contributed by atoms with Crippen molar-refractivity contribution in [3.63, 3.8) is 0 Å². The maximum Gasteiger partial charge on any atom is 0.277 e. The number of carbonyl (C=O) groups is 1. The summed E-state index contributed by atoms with van der Waals surface area (Å²) in [5, 5.41) is 13.9. The number of tetrazole rings is 1. The lowest BCUT2D eigenvalue weighted by atomic mass is 9.74. The Morgan fingerprint density at radius 3 is 2.47 bits per heavy atom. The Kier molecular flexibility index (Phi) is 3.98. The summed E-state index contributed by atoms with van der Waals surface area (Å²) < 4.78 is 4.51. The van der Waals surface area contributed by atoms with Gasteiger partial charge in [0.1, 0.15) is 6.04 Å². The Morgan fingerprint density at radius 2 is 1.69 bits per heavy atom. The number of benzene rings is 2. The first-order valence-electron chi connectivity index (χ1n) is 11.9. The summed E-state index contributed by atoms with van der Waals surface area (Å²) in [6.07, 6.45) is 0.823. The van der Waals surface area contributed by atoms with Crippen LogP contribution < -0.4 is 11.1 Å². The van der Waals surface area contributed by atoms with Gasteiger partial charge >= 0.3 is 0 Å². The Balaban J connectivity index is 1.66. The first-order valence-corrected chi connectivity index (χ1v) is 11.9. The summed E-state index contributed by atoms with van der Waals surface area (Å²) in [5.74, 6) is -0.0692. The lowest BCUT2D eigenvalue weighted by Crippen LogP contribution is -2.37. The van der Waals surface area contributed by atoms with Gasteiger partial charge in [-0.1, -0.05) is 37.6 Å². The van der Waals surface area contributed by atoms with Crippen molar-refractivity contribution in [3.05, 3.63) is 85.9 Å². The Labute approximate surface area is 204 Å². The van der Waals surface area contributed by atoms with Crippen LogP contribution in [0.25, 0.3) is 33.0 Å². The second kappa shape index (κ2) is 6.84. The number of fused-ring (bicyclic) bond motifs is 6. The van der Waals surface area contributed by atoms with Crippen LogP contribution in [-0.4, -0.2) is 35.2 Å². The van der Waals surface area contributed by atoms with Crippen LogP contribution >= 0.6 is 0 Å². The number of pyridine rings is 1. The monoisotopic (exact) mass is 478 g/mol. The molecule has 0 bridgehead atoms. The number of Topliss-reactive ketones (excluding diaryl/α,β-unsaturated/α-hetero) is 1. The highest BCUT2D eigenvalue weighted by molar-refractivity contribution is 6.05. The number of carbonyl (C=O) groups excluding carboxylic acids is 1. The molecule has 0 amide bonds. The molecule has 9 nitrogen and oxygen atoms in total. The van der Waals surface area contributed by atoms with Gasteiger partial charge in [0.25, 0.3) is 11.1 Å². The number of nitrogens with zero attached hydrogens (tertiary/aromatic N) is 6. The SMILES string of the molecule is Cc1ccc2c(c1)cc(C1C3=C(CC(C)(C)CC3=O)n3c(=O)c4ccccc4c(=O)n31)c1nnnn12. The zero-order valence-corrected chi connectivity index (χ0v) is 20.0. The number of hydrogen-bond donors (Lipinski definition) is 0. The molecular formula is C27H22N6O3. The van der Waals surface area contributed by atoms with E-state index in [1.165, 1.54) is 9.36 Å². The first-order chi connectivity index (χ1) is 17.2. The highest BCUT2D eigenvalue weighted by atomic mass is 16.2. The lowest BCUT2D eigenvalue weighted by molar-refractivity contribution is -0.118. The van der Waals surface area contributed by atoms with E-state index in [4.69, 9.17) is 0 Å². The second-order valence-corrected chi connectivity index (χ2v) is 10.6. The Morgan fingerprint density at radius 1 is 0.944 bits per heavy atom. The van der Waals surface area contributed by atoms with Crippen molar-refractivity contribution in [1.82, 2.24) is 29.4 Å². The van der Waals surface area contributed by atoms with Crippen LogP contribution in [0.2, 0.25) is 0 Å². The topological polar surface area (TPSA) is 104 Å². The maximum atomic E-state index is 14.0. The number of rotatable bonds is 1. The summed E-state index contributed by atoms with van der Waals surface area (Å²) in [4.78, 5) is 41.5. The normalized spacial score (nSPS) is 18.9. The zero-order chi connectivity index (χ0) is 24.9. The standard InChI is InChI=1S/C27H22N6O3/c1-14-8-9-19-15(10-14)11-18(24-28-29-30-31(19)24)23-22-20(12-27(2,3)13-21(22)34)32-25(35)16-6-4-5-7-17(16)26(36)33(23)32/h4-11,23H,12-13H2,1-3H3. The van der Waals surface area contributed by atoms with Gasteiger partial charge in [0, 0.05) is 22.9 Å². The summed E-state index contributed by atoms with van der Waals surface area (Å²) in [5.41, 5.74) is 3.01. The molecule has 3 aromatic heterocycles. The molecular weight excluding hydrogens is 456 g/mol. The molecule has 7 rings (SSSR count). The molecule has 5 aromatic rings. The van der Waals surface area contributed by atoms with E-state index in [1.54, 1.807) is 28.8 Å². The smallest absolute Gasteiger partial charge is 0.277 e. The molecule has 1 aliphatic heterocycles. The quantitative estimate of drug-likeness (QED) is 0.366. The van der Waals surface area contributed by atoms with Gasteiger partial charge in [-0.25, -0.2) is 9.36 Å². The molecule has 4 heterocycles. The molecule has 1 unspecified atom stereocenters. The van der Waals surface area contributed by atoms with Gasteiger partial charge < -0.3 is 0 Å². The van der Waals surface area contributed by atoms with Crippen LogP contribution in [0.3, 0.4) is 0 Å². The first kappa shape index (κ1) is 20.9. The molecule has 9 heteroatoms. The molecule has 0 fully saturated rings. The molecule has 2 aliphatic rings. The van der Waals surface area contributed by atoms with Crippen LogP contribution in [0, 0.1) is 12.3 Å². The second-order valence-electron chi connectivity index (χ2n) is 10.6. The van der Waals surface area contributed by atoms with Gasteiger partial charge in [-0.15, -0.1) is 5.10 Å². The van der Waals surface area contributed by atoms with E-state index in [-0.39, 0.29) is 22.3 Å². The third-order valence-corrected chi connectivity index (χ3v) is 7.42. The van der Waals surface area contributed by atoms with E-state index >= 15 is 0 Å². The predicted octanol–water partition coefficient (Wildman–Crippen LogP) is 3.27. The third kappa shape index (κ3) is 2.65. The molecule has 178 valence electrons. The molecule has 36 heavy (non-hydrogen) atoms. The minimum absolute atomic E-state index is 0.0692. The van der Waals surface area contributed by atoms with E-state index in [0.29, 0.717) is 46.1 Å². The highest BCUT2D eigenvalue weighted by Crippen LogP contribution is 2.47. The number of ketones is 1. The fourth-order valence-corrected chi connectivity index (χ4v) is 5.92. The minimum Gasteiger partial charge on any atom is -0.294 e. The summed E-state index contributed by atoms with van der Waals surface area (Å²) in [7, 11) is 0. The fourth-order valence-electron chi connectivity index (χ4n) is 5.92. The molecule has 0 N–H and O–H groups in total. The minimum atomic E-state index is -0.813. The van der Waals surface area contributed by atoms with Crippen molar-refractivity contribution in [2.24, 2.45) is 5.41 Å². The van der Waals surface area contributed by atoms with Crippen LogP contribution in [0.5, 0.6) is 0 Å². The van der Waals surface area contributed by atoms with Crippen LogP contribution in [-0.2, 0) is 4.79 Å². The number of hydrogen-bond acceptors (Lipinski definition) is 6. The average Bonchev–Trinajstić information content (AvgIpc) is 3.45. The van der Waals surface area contributed by atoms with Gasteiger partial charge in [0.2, 0.25) is 0 Å². The Bertz CT molecular complexity index is 1960. The van der Waals surface area contributed by atoms with Gasteiger partial charge in [-0.3, -0.25) is 14.4 Å². The van der Waals surface area contributed by atoms with Crippen molar-refractivity contribution in [2.75, 3.05) is 0 Å². The van der Waals surface area contributed by atoms with E-state index in [9.17, 15) is 14.4 Å². The van der Waals surface area contributed by atoms with Crippen molar-refractivity contribution < 1.29 is 4.79 Å². The van der Waals surface area contributed by atoms with Crippen LogP contribution in [0.15, 0.2) is 63.7 Å². The van der Waals surface area contributed by atoms with Gasteiger partial charge in [-0.2, -0.15) is 4.52 Å². The van der Waals surface area contributed by atoms with E-state index < -0.39 is 6.04 Å². The van der Waals surface area contributed by atoms with E-state index in [1.807, 2.05) is 45.0 Å². The number of allylic oxidation sites excluding steroid dienone is 2. The molecule has 0 spiro atoms. The Hall–Kier alpha value is -4.40. The van der Waals surface area contributed by atoms with Crippen molar-refractivity contribution in [3.8, 4) is 0 Å². The van der Waals surface area contributed by atoms with Crippen molar-refractivity contribution in [1.29, 1.82) is 0 Å². The van der Waals surface area contributed by atoms with Crippen molar-refractivity contribution in [2.45, 2.75) is 39.7 Å². The number of aromatic nitrogens is 6. The highest BCUT2D eigenvalue weighted by Gasteiger charge is 2.45. The zero-order valence-electron chi connectivity index (χ0n) is 20.0. The van der Waals surface area contributed by atoms with E-state index in [2.05, 4.69) is 15.5 Å². The third-order valence-electron chi connectivity index (χ3n) is 7.42. The average molecular weight is 479 g/mol. The maximum absolute atomic E-state index is 14.0. The molecule has 0 saturated carbocycles. The van der Waals surface area contributed by atoms with Crippen LogP contribution in [0.1, 0.15) is 43.9 Å². The summed E-state index contributed by atoms with van der Waals surface area (Å²) in [6.45, 7) is 6.02. The van der Waals surface area contributed by atoms with Crippen LogP contribution in [0.4, 0.5) is 0 Å². The summed E-state index contributed by atoms with van der Waals surface area (Å²) in [6, 6.07) is 13.9. The number of aryl methyl sites for hydroxylation is 1. The largest absolute Gasteiger partial charge is 0.294 e. The van der Waals surface area contributed by atoms with Crippen molar-refractivity contribution >= 4 is 38.8 Å². The van der Waals surface area contributed by atoms with Gasteiger partial charge in [0.05, 0.1) is 22.0 Å². The summed E-state index contributed by atoms with van der Waals surface area (Å²) >= 11 is 0. The molecule has 2 aromatic carbocycles. The molecule has 1 atom stereocenters. The molecule has 0 saturated heterocycles. The van der Waals surface area contributed by atoms with Gasteiger partial charge in [-0.05, 0) is 59.5 Å². The van der Waals surface area contributed by atoms with E-state index in [0.717, 1.165) is 16.5 Å². The van der Waals surface area contributed by atoms with Gasteiger partial charge in [0.15, 0.2) is 11.4 Å². The molecule has 0 radical (unpaired) electrons. The molecule has 1 aliphatic carbocycles. The lowest BCUT2D eigenvalue weighted by Gasteiger charge is -2.30. The predicted molar refractivity (Wildman–Crippen MR) is 135 cm³/mol.